The Morgan fingerprint density at radius 3 is 2.83 bits per heavy atom. The zero-order valence-corrected chi connectivity index (χ0v) is 8.54. The normalized spacial score (nSPS) is 21.9. The van der Waals surface area contributed by atoms with Crippen molar-refractivity contribution in [1.29, 1.82) is 0 Å². The van der Waals surface area contributed by atoms with Crippen molar-refractivity contribution in [2.24, 2.45) is 0 Å². The van der Waals surface area contributed by atoms with Crippen molar-refractivity contribution >= 4 is 23.5 Å². The van der Waals surface area contributed by atoms with Gasteiger partial charge in [0.05, 0.1) is 5.37 Å². The lowest BCUT2D eigenvalue weighted by atomic mass is 10.4. The molecule has 0 aliphatic carbocycles. The maximum Gasteiger partial charge on any atom is 0.0672 e. The Hall–Kier alpha value is -0.120. The minimum Gasteiger partial charge on any atom is -0.307 e. The van der Waals surface area contributed by atoms with Crippen LogP contribution >= 0.6 is 23.5 Å². The highest BCUT2D eigenvalue weighted by Gasteiger charge is 2.16. The third kappa shape index (κ3) is 1.63. The van der Waals surface area contributed by atoms with E-state index in [0.717, 1.165) is 5.75 Å². The van der Waals surface area contributed by atoms with Crippen molar-refractivity contribution in [2.45, 2.75) is 15.2 Å². The molecule has 1 unspecified atom stereocenters. The number of benzene rings is 1. The molecule has 2 rings (SSSR count). The summed E-state index contributed by atoms with van der Waals surface area (Å²) in [6.45, 7) is 0. The fourth-order valence-electron chi connectivity index (χ4n) is 1.16. The molecule has 1 atom stereocenters. The van der Waals surface area contributed by atoms with Gasteiger partial charge in [-0.25, -0.2) is 0 Å². The van der Waals surface area contributed by atoms with Gasteiger partial charge in [-0.15, -0.1) is 23.5 Å². The smallest absolute Gasteiger partial charge is 0.0672 e. The van der Waals surface area contributed by atoms with Crippen LogP contribution in [0.3, 0.4) is 0 Å². The highest BCUT2D eigenvalue weighted by atomic mass is 32.2. The molecule has 0 bridgehead atoms. The standard InChI is InChI=1S/C9H11NS2/c1-10-9-6-11-7-4-2-3-5-8(7)12-9/h2-5,9-10H,6H2,1H3. The van der Waals surface area contributed by atoms with Crippen molar-refractivity contribution in [1.82, 2.24) is 5.32 Å². The molecule has 64 valence electrons. The molecule has 1 aromatic rings. The third-order valence-corrected chi connectivity index (χ3v) is 4.63. The van der Waals surface area contributed by atoms with Crippen LogP contribution < -0.4 is 5.32 Å². The van der Waals surface area contributed by atoms with Gasteiger partial charge < -0.3 is 5.32 Å². The summed E-state index contributed by atoms with van der Waals surface area (Å²) < 4.78 is 0. The van der Waals surface area contributed by atoms with Crippen molar-refractivity contribution in [3.05, 3.63) is 24.3 Å². The molecule has 0 saturated carbocycles. The molecule has 1 heterocycles. The summed E-state index contributed by atoms with van der Waals surface area (Å²) in [7, 11) is 2.02. The molecule has 12 heavy (non-hydrogen) atoms. The fraction of sp³-hybridized carbons (Fsp3) is 0.333. The van der Waals surface area contributed by atoms with Gasteiger partial charge in [0, 0.05) is 15.5 Å². The van der Waals surface area contributed by atoms with E-state index in [9.17, 15) is 0 Å². The Kier molecular flexibility index (Phi) is 2.63. The van der Waals surface area contributed by atoms with Gasteiger partial charge in [0.15, 0.2) is 0 Å². The summed E-state index contributed by atoms with van der Waals surface area (Å²) in [6, 6.07) is 8.59. The van der Waals surface area contributed by atoms with Gasteiger partial charge in [0.25, 0.3) is 0 Å². The molecule has 1 nitrogen and oxygen atoms in total. The van der Waals surface area contributed by atoms with E-state index in [1.165, 1.54) is 9.79 Å². The highest BCUT2D eigenvalue weighted by Crippen LogP contribution is 2.38. The zero-order chi connectivity index (χ0) is 8.39. The molecule has 1 aliphatic rings. The van der Waals surface area contributed by atoms with Crippen LogP contribution in [-0.2, 0) is 0 Å². The topological polar surface area (TPSA) is 12.0 Å². The van der Waals surface area contributed by atoms with Gasteiger partial charge in [0.2, 0.25) is 0 Å². The second kappa shape index (κ2) is 3.73. The van der Waals surface area contributed by atoms with E-state index in [2.05, 4.69) is 29.6 Å². The van der Waals surface area contributed by atoms with Crippen molar-refractivity contribution in [3.8, 4) is 0 Å². The Labute approximate surface area is 81.3 Å². The van der Waals surface area contributed by atoms with Gasteiger partial charge in [-0.3, -0.25) is 0 Å². The molecule has 0 aromatic heterocycles. The van der Waals surface area contributed by atoms with E-state index in [-0.39, 0.29) is 0 Å². The molecule has 1 aromatic carbocycles. The second-order valence-corrected chi connectivity index (χ2v) is 4.96. The number of rotatable bonds is 1. The predicted molar refractivity (Wildman–Crippen MR) is 55.9 cm³/mol. The predicted octanol–water partition coefficient (Wildman–Crippen LogP) is 2.43. The maximum atomic E-state index is 3.29. The first-order chi connectivity index (χ1) is 5.90. The lowest BCUT2D eigenvalue weighted by Crippen LogP contribution is -2.25. The summed E-state index contributed by atoms with van der Waals surface area (Å²) in [6.07, 6.45) is 0. The van der Waals surface area contributed by atoms with Crippen LogP contribution in [0.25, 0.3) is 0 Å². The molecule has 0 saturated heterocycles. The third-order valence-electron chi connectivity index (χ3n) is 1.83. The monoisotopic (exact) mass is 197 g/mol. The quantitative estimate of drug-likeness (QED) is 0.742. The van der Waals surface area contributed by atoms with E-state index in [0.29, 0.717) is 5.37 Å². The summed E-state index contributed by atoms with van der Waals surface area (Å²) in [4.78, 5) is 2.84. The minimum atomic E-state index is 0.574. The maximum absolute atomic E-state index is 3.29. The number of fused-ring (bicyclic) bond motifs is 1. The van der Waals surface area contributed by atoms with E-state index >= 15 is 0 Å². The minimum absolute atomic E-state index is 0.574. The first-order valence-electron chi connectivity index (χ1n) is 3.96. The van der Waals surface area contributed by atoms with Crippen LogP contribution in [0.5, 0.6) is 0 Å². The summed E-state index contributed by atoms with van der Waals surface area (Å²) in [5, 5.41) is 3.86. The largest absolute Gasteiger partial charge is 0.307 e. The summed E-state index contributed by atoms with van der Waals surface area (Å²) in [5.41, 5.74) is 0. The summed E-state index contributed by atoms with van der Waals surface area (Å²) in [5.74, 6) is 1.16. The van der Waals surface area contributed by atoms with Crippen molar-refractivity contribution in [2.75, 3.05) is 12.8 Å². The molecule has 0 amide bonds. The van der Waals surface area contributed by atoms with Crippen molar-refractivity contribution < 1.29 is 0 Å². The highest BCUT2D eigenvalue weighted by molar-refractivity contribution is 8.06. The van der Waals surface area contributed by atoms with E-state index in [1.54, 1.807) is 0 Å². The molecule has 1 N–H and O–H groups in total. The Balaban J connectivity index is 2.23. The first-order valence-corrected chi connectivity index (χ1v) is 5.82. The fourth-order valence-corrected chi connectivity index (χ4v) is 3.61. The number of thioether (sulfide) groups is 2. The lowest BCUT2D eigenvalue weighted by Gasteiger charge is -2.22. The van der Waals surface area contributed by atoms with Gasteiger partial charge in [-0.2, -0.15) is 0 Å². The van der Waals surface area contributed by atoms with E-state index < -0.39 is 0 Å². The molecular weight excluding hydrogens is 186 g/mol. The molecule has 1 aliphatic heterocycles. The Bertz CT molecular complexity index is 275. The van der Waals surface area contributed by atoms with Crippen LogP contribution in [0.15, 0.2) is 34.1 Å². The average Bonchev–Trinajstić information content (AvgIpc) is 2.17. The van der Waals surface area contributed by atoms with Gasteiger partial charge in [-0.05, 0) is 19.2 Å². The number of hydrogen-bond donors (Lipinski definition) is 1. The van der Waals surface area contributed by atoms with Crippen LogP contribution in [0, 0.1) is 0 Å². The van der Waals surface area contributed by atoms with Crippen LogP contribution in [0.2, 0.25) is 0 Å². The van der Waals surface area contributed by atoms with Crippen LogP contribution in [0.1, 0.15) is 0 Å². The summed E-state index contributed by atoms with van der Waals surface area (Å²) >= 11 is 3.86. The molecule has 0 fully saturated rings. The molecule has 3 heteroatoms. The average molecular weight is 197 g/mol. The number of hydrogen-bond acceptors (Lipinski definition) is 3. The van der Waals surface area contributed by atoms with E-state index in [1.807, 2.05) is 30.6 Å². The van der Waals surface area contributed by atoms with Gasteiger partial charge in [0.1, 0.15) is 0 Å². The van der Waals surface area contributed by atoms with Crippen LogP contribution in [-0.4, -0.2) is 18.2 Å². The number of nitrogens with one attached hydrogen (secondary N) is 1. The second-order valence-electron chi connectivity index (χ2n) is 2.65. The Morgan fingerprint density at radius 1 is 1.33 bits per heavy atom. The van der Waals surface area contributed by atoms with Crippen molar-refractivity contribution in [3.63, 3.8) is 0 Å². The SMILES string of the molecule is CNC1CSc2ccccc2S1. The Morgan fingerprint density at radius 2 is 2.08 bits per heavy atom. The first kappa shape index (κ1) is 8.48. The van der Waals surface area contributed by atoms with E-state index in [4.69, 9.17) is 0 Å². The zero-order valence-electron chi connectivity index (χ0n) is 6.91. The lowest BCUT2D eigenvalue weighted by molar-refractivity contribution is 0.808. The molecular formula is C9H11NS2. The van der Waals surface area contributed by atoms with Gasteiger partial charge >= 0.3 is 0 Å². The molecule has 0 spiro atoms. The van der Waals surface area contributed by atoms with Gasteiger partial charge in [-0.1, -0.05) is 12.1 Å². The van der Waals surface area contributed by atoms with Crippen LogP contribution in [0.4, 0.5) is 0 Å². The molecule has 0 radical (unpaired) electrons.